The van der Waals surface area contributed by atoms with E-state index in [4.69, 9.17) is 0 Å². The Morgan fingerprint density at radius 3 is 2.72 bits per heavy atom. The van der Waals surface area contributed by atoms with Crippen LogP contribution in [0, 0.1) is 0 Å². The number of benzene rings is 1. The highest BCUT2D eigenvalue weighted by Gasteiger charge is 2.10. The quantitative estimate of drug-likeness (QED) is 0.720. The average Bonchev–Trinajstić information content (AvgIpc) is 3.20. The Labute approximate surface area is 144 Å². The van der Waals surface area contributed by atoms with Gasteiger partial charge in [0.05, 0.1) is 12.7 Å². The zero-order valence-electron chi connectivity index (χ0n) is 13.5. The number of carbonyl (C=O) groups excluding carboxylic acids is 2. The van der Waals surface area contributed by atoms with Crippen LogP contribution in [-0.2, 0) is 11.3 Å². The largest absolute Gasteiger partial charge is 0.465 e. The van der Waals surface area contributed by atoms with Gasteiger partial charge in [-0.1, -0.05) is 12.1 Å². The van der Waals surface area contributed by atoms with Gasteiger partial charge in [-0.2, -0.15) is 0 Å². The lowest BCUT2D eigenvalue weighted by Gasteiger charge is -2.07. The molecule has 2 heterocycles. The number of aromatic nitrogens is 3. The van der Waals surface area contributed by atoms with Crippen molar-refractivity contribution < 1.29 is 14.3 Å². The highest BCUT2D eigenvalue weighted by Crippen LogP contribution is 2.08. The second kappa shape index (κ2) is 7.39. The molecule has 3 aromatic rings. The molecular formula is C18H16N4O3. The summed E-state index contributed by atoms with van der Waals surface area (Å²) < 4.78 is 6.45. The van der Waals surface area contributed by atoms with Crippen LogP contribution < -0.4 is 5.32 Å². The van der Waals surface area contributed by atoms with Crippen molar-refractivity contribution in [2.75, 3.05) is 7.11 Å². The highest BCUT2D eigenvalue weighted by atomic mass is 16.5. The van der Waals surface area contributed by atoms with E-state index in [1.165, 1.54) is 13.2 Å². The molecule has 0 saturated heterocycles. The van der Waals surface area contributed by atoms with Gasteiger partial charge < -0.3 is 10.1 Å². The molecule has 126 valence electrons. The number of nitrogens with one attached hydrogen (secondary N) is 1. The van der Waals surface area contributed by atoms with E-state index in [-0.39, 0.29) is 5.91 Å². The normalized spacial score (nSPS) is 10.3. The molecule has 3 rings (SSSR count). The summed E-state index contributed by atoms with van der Waals surface area (Å²) in [6.45, 7) is 0.332. The number of pyridine rings is 1. The number of imidazole rings is 1. The predicted octanol–water partition coefficient (Wildman–Crippen LogP) is 1.98. The first-order valence-electron chi connectivity index (χ1n) is 7.57. The third kappa shape index (κ3) is 3.89. The minimum atomic E-state index is -0.478. The van der Waals surface area contributed by atoms with Gasteiger partial charge in [-0.15, -0.1) is 0 Å². The Morgan fingerprint density at radius 2 is 2.04 bits per heavy atom. The maximum Gasteiger partial charge on any atom is 0.337 e. The topological polar surface area (TPSA) is 86.1 Å². The fourth-order valence-electron chi connectivity index (χ4n) is 2.26. The van der Waals surface area contributed by atoms with Crippen LogP contribution in [0.1, 0.15) is 26.3 Å². The molecule has 0 spiro atoms. The molecule has 0 saturated carbocycles. The maximum absolute atomic E-state index is 12.2. The SMILES string of the molecule is COC(=O)c1cccc(C(=O)NCc2ccc(-n3ccnc3)nc2)c1. The second-order valence-corrected chi connectivity index (χ2v) is 5.25. The van der Waals surface area contributed by atoms with Crippen molar-refractivity contribution in [1.29, 1.82) is 0 Å². The number of methoxy groups -OCH3 is 1. The highest BCUT2D eigenvalue weighted by molar-refractivity contribution is 5.97. The molecule has 0 aliphatic heterocycles. The number of esters is 1. The Kier molecular flexibility index (Phi) is 4.84. The number of hydrogen-bond acceptors (Lipinski definition) is 5. The molecule has 25 heavy (non-hydrogen) atoms. The van der Waals surface area contributed by atoms with Crippen molar-refractivity contribution in [3.05, 3.63) is 78.0 Å². The van der Waals surface area contributed by atoms with Crippen LogP contribution >= 0.6 is 0 Å². The van der Waals surface area contributed by atoms with Crippen LogP contribution in [0.5, 0.6) is 0 Å². The summed E-state index contributed by atoms with van der Waals surface area (Å²) >= 11 is 0. The van der Waals surface area contributed by atoms with Gasteiger partial charge in [0.2, 0.25) is 0 Å². The molecule has 0 atom stereocenters. The van der Waals surface area contributed by atoms with Crippen LogP contribution in [0.15, 0.2) is 61.3 Å². The van der Waals surface area contributed by atoms with Gasteiger partial charge in [0.25, 0.3) is 5.91 Å². The van der Waals surface area contributed by atoms with Crippen molar-refractivity contribution in [3.8, 4) is 5.82 Å². The molecule has 0 aliphatic carbocycles. The lowest BCUT2D eigenvalue weighted by molar-refractivity contribution is 0.0600. The average molecular weight is 336 g/mol. The minimum absolute atomic E-state index is 0.274. The van der Waals surface area contributed by atoms with Crippen LogP contribution in [0.4, 0.5) is 0 Å². The van der Waals surface area contributed by atoms with E-state index in [0.717, 1.165) is 11.4 Å². The van der Waals surface area contributed by atoms with Gasteiger partial charge in [-0.3, -0.25) is 9.36 Å². The Hall–Kier alpha value is -3.48. The summed E-state index contributed by atoms with van der Waals surface area (Å²) in [5, 5.41) is 2.80. The fourth-order valence-corrected chi connectivity index (χ4v) is 2.26. The van der Waals surface area contributed by atoms with E-state index in [0.29, 0.717) is 17.7 Å². The number of nitrogens with zero attached hydrogens (tertiary/aromatic N) is 3. The molecule has 1 N–H and O–H groups in total. The summed E-state index contributed by atoms with van der Waals surface area (Å²) in [6.07, 6.45) is 6.84. The standard InChI is InChI=1S/C18H16N4O3/c1-25-18(24)15-4-2-3-14(9-15)17(23)21-11-13-5-6-16(20-10-13)22-8-7-19-12-22/h2-10,12H,11H2,1H3,(H,21,23). The van der Waals surface area contributed by atoms with Crippen molar-refractivity contribution in [1.82, 2.24) is 19.9 Å². The first kappa shape index (κ1) is 16.4. The van der Waals surface area contributed by atoms with E-state index in [1.54, 1.807) is 47.7 Å². The number of hydrogen-bond donors (Lipinski definition) is 1. The maximum atomic E-state index is 12.2. The van der Waals surface area contributed by atoms with E-state index < -0.39 is 5.97 Å². The molecule has 1 amide bonds. The lowest BCUT2D eigenvalue weighted by Crippen LogP contribution is -2.23. The van der Waals surface area contributed by atoms with E-state index in [1.807, 2.05) is 12.1 Å². The van der Waals surface area contributed by atoms with Gasteiger partial charge in [-0.05, 0) is 29.8 Å². The van der Waals surface area contributed by atoms with Crippen LogP contribution in [0.2, 0.25) is 0 Å². The number of ether oxygens (including phenoxy) is 1. The molecule has 7 heteroatoms. The van der Waals surface area contributed by atoms with Crippen LogP contribution in [0.25, 0.3) is 5.82 Å². The zero-order valence-corrected chi connectivity index (χ0v) is 13.5. The molecular weight excluding hydrogens is 320 g/mol. The summed E-state index contributed by atoms with van der Waals surface area (Å²) in [5.41, 5.74) is 1.59. The zero-order chi connectivity index (χ0) is 17.6. The van der Waals surface area contributed by atoms with Crippen molar-refractivity contribution in [2.45, 2.75) is 6.54 Å². The number of amides is 1. The number of rotatable bonds is 5. The smallest absolute Gasteiger partial charge is 0.337 e. The first-order valence-corrected chi connectivity index (χ1v) is 7.57. The lowest BCUT2D eigenvalue weighted by atomic mass is 10.1. The van der Waals surface area contributed by atoms with Gasteiger partial charge in [0, 0.05) is 30.7 Å². The molecule has 0 unspecified atom stereocenters. The Balaban J connectivity index is 1.63. The minimum Gasteiger partial charge on any atom is -0.465 e. The summed E-state index contributed by atoms with van der Waals surface area (Å²) in [5.74, 6) is -0.00302. The summed E-state index contributed by atoms with van der Waals surface area (Å²) in [7, 11) is 1.30. The third-order valence-electron chi connectivity index (χ3n) is 3.58. The fraction of sp³-hybridized carbons (Fsp3) is 0.111. The van der Waals surface area contributed by atoms with Crippen LogP contribution in [0.3, 0.4) is 0 Å². The Morgan fingerprint density at radius 1 is 1.20 bits per heavy atom. The van der Waals surface area contributed by atoms with E-state index >= 15 is 0 Å². The molecule has 0 aliphatic rings. The summed E-state index contributed by atoms with van der Waals surface area (Å²) in [6, 6.07) is 10.1. The molecule has 2 aromatic heterocycles. The molecule has 0 fully saturated rings. The van der Waals surface area contributed by atoms with Gasteiger partial charge in [0.15, 0.2) is 0 Å². The second-order valence-electron chi connectivity index (χ2n) is 5.25. The van der Waals surface area contributed by atoms with Crippen LogP contribution in [-0.4, -0.2) is 33.5 Å². The van der Waals surface area contributed by atoms with Crippen molar-refractivity contribution in [3.63, 3.8) is 0 Å². The van der Waals surface area contributed by atoms with Crippen molar-refractivity contribution >= 4 is 11.9 Å². The van der Waals surface area contributed by atoms with Gasteiger partial charge in [0.1, 0.15) is 12.1 Å². The van der Waals surface area contributed by atoms with E-state index in [9.17, 15) is 9.59 Å². The Bertz CT molecular complexity index is 874. The van der Waals surface area contributed by atoms with Gasteiger partial charge in [-0.25, -0.2) is 14.8 Å². The van der Waals surface area contributed by atoms with Crippen molar-refractivity contribution in [2.24, 2.45) is 0 Å². The molecule has 7 nitrogen and oxygen atoms in total. The monoisotopic (exact) mass is 336 g/mol. The molecule has 1 aromatic carbocycles. The molecule has 0 radical (unpaired) electrons. The van der Waals surface area contributed by atoms with Gasteiger partial charge >= 0.3 is 5.97 Å². The third-order valence-corrected chi connectivity index (χ3v) is 3.58. The first-order chi connectivity index (χ1) is 12.2. The predicted molar refractivity (Wildman–Crippen MR) is 90.3 cm³/mol. The summed E-state index contributed by atoms with van der Waals surface area (Å²) in [4.78, 5) is 32.1. The number of carbonyl (C=O) groups is 2. The molecule has 0 bridgehead atoms. The van der Waals surface area contributed by atoms with E-state index in [2.05, 4.69) is 20.0 Å².